The Morgan fingerprint density at radius 3 is 2.57 bits per heavy atom. The molecule has 1 amide bonds. The zero-order chi connectivity index (χ0) is 15.6. The second kappa shape index (κ2) is 5.88. The lowest BCUT2D eigenvalue weighted by atomic mass is 10.2. The van der Waals surface area contributed by atoms with Crippen molar-refractivity contribution >= 4 is 39.3 Å². The van der Waals surface area contributed by atoms with Crippen molar-refractivity contribution in [2.75, 3.05) is 0 Å². The number of carboxylic acids is 2. The third-order valence-electron chi connectivity index (χ3n) is 2.69. The number of carbonyl (C=O) groups excluding carboxylic acids is 1. The molecule has 1 heterocycles. The van der Waals surface area contributed by atoms with Crippen LogP contribution < -0.4 is 5.32 Å². The predicted octanol–water partition coefficient (Wildman–Crippen LogP) is 1.70. The smallest absolute Gasteiger partial charge is 0.326 e. The summed E-state index contributed by atoms with van der Waals surface area (Å²) in [5.74, 6) is -3.91. The van der Waals surface area contributed by atoms with Gasteiger partial charge in [-0.25, -0.2) is 9.18 Å². The predicted molar refractivity (Wildman–Crippen MR) is 72.9 cm³/mol. The fourth-order valence-corrected chi connectivity index (χ4v) is 2.71. The zero-order valence-electron chi connectivity index (χ0n) is 10.5. The van der Waals surface area contributed by atoms with E-state index in [0.717, 1.165) is 11.3 Å². The number of hydrogen-bond donors (Lipinski definition) is 3. The Hall–Kier alpha value is -2.48. The molecule has 3 N–H and O–H groups in total. The zero-order valence-corrected chi connectivity index (χ0v) is 11.3. The van der Waals surface area contributed by atoms with E-state index >= 15 is 0 Å². The van der Waals surface area contributed by atoms with Crippen LogP contribution in [0.3, 0.4) is 0 Å². The van der Waals surface area contributed by atoms with Gasteiger partial charge in [0.1, 0.15) is 11.9 Å². The van der Waals surface area contributed by atoms with Crippen molar-refractivity contribution in [2.45, 2.75) is 12.5 Å². The number of benzene rings is 1. The van der Waals surface area contributed by atoms with Crippen LogP contribution in [0.15, 0.2) is 24.3 Å². The van der Waals surface area contributed by atoms with Gasteiger partial charge < -0.3 is 15.5 Å². The average Bonchev–Trinajstić information content (AvgIpc) is 2.80. The maximum absolute atomic E-state index is 13.1. The lowest BCUT2D eigenvalue weighted by molar-refractivity contribution is -0.145. The minimum atomic E-state index is -1.52. The summed E-state index contributed by atoms with van der Waals surface area (Å²) in [5, 5.41) is 20.3. The molecule has 0 bridgehead atoms. The maximum Gasteiger partial charge on any atom is 0.326 e. The Morgan fingerprint density at radius 2 is 1.95 bits per heavy atom. The van der Waals surface area contributed by atoms with E-state index in [0.29, 0.717) is 10.1 Å². The molecule has 0 aliphatic carbocycles. The van der Waals surface area contributed by atoms with Gasteiger partial charge in [0.15, 0.2) is 0 Å². The molecule has 0 saturated heterocycles. The molecule has 0 spiro atoms. The first-order chi connectivity index (χ1) is 9.86. The summed E-state index contributed by atoms with van der Waals surface area (Å²) in [6.07, 6.45) is -0.722. The number of halogens is 1. The molecular formula is C13H10FNO5S. The highest BCUT2D eigenvalue weighted by molar-refractivity contribution is 7.20. The van der Waals surface area contributed by atoms with Crippen molar-refractivity contribution in [3.05, 3.63) is 35.0 Å². The molecule has 0 saturated carbocycles. The lowest BCUT2D eigenvalue weighted by Gasteiger charge is -2.11. The fraction of sp³-hybridized carbons (Fsp3) is 0.154. The van der Waals surface area contributed by atoms with Gasteiger partial charge in [-0.3, -0.25) is 9.59 Å². The third-order valence-corrected chi connectivity index (χ3v) is 3.78. The molecule has 110 valence electrons. The monoisotopic (exact) mass is 311 g/mol. The highest BCUT2D eigenvalue weighted by Crippen LogP contribution is 2.26. The van der Waals surface area contributed by atoms with E-state index in [-0.39, 0.29) is 4.88 Å². The van der Waals surface area contributed by atoms with Crippen molar-refractivity contribution in [2.24, 2.45) is 0 Å². The van der Waals surface area contributed by atoms with Gasteiger partial charge in [0.05, 0.1) is 11.3 Å². The molecule has 8 heteroatoms. The Morgan fingerprint density at radius 1 is 1.24 bits per heavy atom. The Bertz CT molecular complexity index is 726. The van der Waals surface area contributed by atoms with Gasteiger partial charge in [0.25, 0.3) is 5.91 Å². The number of thiophene rings is 1. The number of aliphatic carboxylic acids is 2. The highest BCUT2D eigenvalue weighted by atomic mass is 32.1. The van der Waals surface area contributed by atoms with Crippen molar-refractivity contribution in [3.63, 3.8) is 0 Å². The molecule has 2 rings (SSSR count). The lowest BCUT2D eigenvalue weighted by Crippen LogP contribution is -2.41. The summed E-state index contributed by atoms with van der Waals surface area (Å²) in [7, 11) is 0. The van der Waals surface area contributed by atoms with E-state index in [4.69, 9.17) is 10.2 Å². The van der Waals surface area contributed by atoms with Gasteiger partial charge in [-0.05, 0) is 23.6 Å². The van der Waals surface area contributed by atoms with Crippen LogP contribution in [0, 0.1) is 5.82 Å². The molecule has 6 nitrogen and oxygen atoms in total. The molecule has 21 heavy (non-hydrogen) atoms. The normalized spacial score (nSPS) is 12.0. The Kier molecular flexibility index (Phi) is 4.18. The number of carboxylic acid groups (broad SMARTS) is 2. The average molecular weight is 311 g/mol. The second-order valence-corrected chi connectivity index (χ2v) is 5.34. The molecule has 1 aromatic heterocycles. The minimum Gasteiger partial charge on any atom is -0.481 e. The molecule has 1 atom stereocenters. The van der Waals surface area contributed by atoms with E-state index in [1.165, 1.54) is 24.3 Å². The van der Waals surface area contributed by atoms with Gasteiger partial charge in [-0.15, -0.1) is 11.3 Å². The number of carbonyl (C=O) groups is 3. The summed E-state index contributed by atoms with van der Waals surface area (Å²) in [6, 6.07) is 4.00. The van der Waals surface area contributed by atoms with Gasteiger partial charge in [0, 0.05) is 4.70 Å². The summed E-state index contributed by atoms with van der Waals surface area (Å²) in [4.78, 5) is 33.6. The Balaban J connectivity index is 2.20. The van der Waals surface area contributed by atoms with Crippen LogP contribution in [0.4, 0.5) is 4.39 Å². The first-order valence-electron chi connectivity index (χ1n) is 5.81. The van der Waals surface area contributed by atoms with E-state index in [2.05, 4.69) is 5.32 Å². The van der Waals surface area contributed by atoms with Crippen LogP contribution in [-0.2, 0) is 9.59 Å². The summed E-state index contributed by atoms with van der Waals surface area (Å²) >= 11 is 1.000. The van der Waals surface area contributed by atoms with Crippen molar-refractivity contribution < 1.29 is 29.0 Å². The van der Waals surface area contributed by atoms with Crippen LogP contribution >= 0.6 is 11.3 Å². The standard InChI is InChI=1S/C13H10FNO5S/c14-7-2-1-6-3-10(21-9(6)4-7)12(18)15-8(13(19)20)5-11(16)17/h1-4,8H,5H2,(H,15,18)(H,16,17)(H,19,20). The van der Waals surface area contributed by atoms with Gasteiger partial charge in [-0.1, -0.05) is 6.07 Å². The van der Waals surface area contributed by atoms with E-state index < -0.39 is 36.1 Å². The number of fused-ring (bicyclic) bond motifs is 1. The maximum atomic E-state index is 13.1. The van der Waals surface area contributed by atoms with Crippen LogP contribution in [0.1, 0.15) is 16.1 Å². The minimum absolute atomic E-state index is 0.187. The number of amides is 1. The number of rotatable bonds is 5. The first kappa shape index (κ1) is 14.9. The summed E-state index contributed by atoms with van der Waals surface area (Å²) < 4.78 is 13.6. The van der Waals surface area contributed by atoms with E-state index in [1.807, 2.05) is 0 Å². The van der Waals surface area contributed by atoms with Crippen LogP contribution in [-0.4, -0.2) is 34.1 Å². The molecule has 2 aromatic rings. The summed E-state index contributed by atoms with van der Waals surface area (Å²) in [5.41, 5.74) is 0. The molecule has 0 radical (unpaired) electrons. The van der Waals surface area contributed by atoms with Crippen LogP contribution in [0.5, 0.6) is 0 Å². The number of hydrogen-bond acceptors (Lipinski definition) is 4. The van der Waals surface area contributed by atoms with Crippen molar-refractivity contribution in [3.8, 4) is 0 Å². The van der Waals surface area contributed by atoms with Crippen LogP contribution in [0.2, 0.25) is 0 Å². The molecule has 1 unspecified atom stereocenters. The topological polar surface area (TPSA) is 104 Å². The fourth-order valence-electron chi connectivity index (χ4n) is 1.72. The molecule has 1 aromatic carbocycles. The van der Waals surface area contributed by atoms with Gasteiger partial charge in [0.2, 0.25) is 0 Å². The molecule has 0 aliphatic heterocycles. The third kappa shape index (κ3) is 3.54. The Labute approximate surface area is 121 Å². The quantitative estimate of drug-likeness (QED) is 0.779. The largest absolute Gasteiger partial charge is 0.481 e. The van der Waals surface area contributed by atoms with Gasteiger partial charge >= 0.3 is 11.9 Å². The first-order valence-corrected chi connectivity index (χ1v) is 6.63. The summed E-state index contributed by atoms with van der Waals surface area (Å²) in [6.45, 7) is 0. The molecule has 0 fully saturated rings. The van der Waals surface area contributed by atoms with E-state index in [1.54, 1.807) is 0 Å². The van der Waals surface area contributed by atoms with Crippen molar-refractivity contribution in [1.29, 1.82) is 0 Å². The number of nitrogens with one attached hydrogen (secondary N) is 1. The second-order valence-electron chi connectivity index (χ2n) is 4.25. The van der Waals surface area contributed by atoms with E-state index in [9.17, 15) is 18.8 Å². The van der Waals surface area contributed by atoms with Crippen molar-refractivity contribution in [1.82, 2.24) is 5.32 Å². The molecule has 0 aliphatic rings. The highest BCUT2D eigenvalue weighted by Gasteiger charge is 2.24. The van der Waals surface area contributed by atoms with Gasteiger partial charge in [-0.2, -0.15) is 0 Å². The SMILES string of the molecule is O=C(O)CC(NC(=O)c1cc2ccc(F)cc2s1)C(=O)O. The van der Waals surface area contributed by atoms with Crippen LogP contribution in [0.25, 0.3) is 10.1 Å². The molecular weight excluding hydrogens is 301 g/mol.